The number of aliphatic hydroxyl groups excluding tert-OH is 1. The van der Waals surface area contributed by atoms with Crippen molar-refractivity contribution in [3.63, 3.8) is 0 Å². The molecule has 1 aliphatic rings. The Morgan fingerprint density at radius 2 is 2.25 bits per heavy atom. The van der Waals surface area contributed by atoms with Crippen molar-refractivity contribution in [1.82, 2.24) is 15.1 Å². The molecule has 1 aromatic rings. The molecule has 1 saturated carbocycles. The predicted molar refractivity (Wildman–Crippen MR) is 77.9 cm³/mol. The second-order valence-electron chi connectivity index (χ2n) is 5.31. The van der Waals surface area contributed by atoms with Gasteiger partial charge in [-0.3, -0.25) is 9.48 Å². The number of amides is 1. The SMILES string of the molecule is CCn1nccc1/C=C/C(=O)NC1CCC(CO)CC1. The lowest BCUT2D eigenvalue weighted by Gasteiger charge is -2.27. The van der Waals surface area contributed by atoms with Gasteiger partial charge in [-0.1, -0.05) is 0 Å². The van der Waals surface area contributed by atoms with Crippen LogP contribution in [0.3, 0.4) is 0 Å². The summed E-state index contributed by atoms with van der Waals surface area (Å²) in [5, 5.41) is 16.3. The second-order valence-corrected chi connectivity index (χ2v) is 5.31. The third-order valence-electron chi connectivity index (χ3n) is 3.91. The number of hydrogen-bond donors (Lipinski definition) is 2. The summed E-state index contributed by atoms with van der Waals surface area (Å²) in [6.07, 6.45) is 9.00. The summed E-state index contributed by atoms with van der Waals surface area (Å²) in [5.74, 6) is 0.360. The van der Waals surface area contributed by atoms with E-state index in [-0.39, 0.29) is 18.6 Å². The molecule has 0 unspecified atom stereocenters. The molecular formula is C15H23N3O2. The summed E-state index contributed by atoms with van der Waals surface area (Å²) in [6.45, 7) is 3.07. The Kier molecular flexibility index (Phi) is 5.35. The Morgan fingerprint density at radius 3 is 2.90 bits per heavy atom. The van der Waals surface area contributed by atoms with Crippen molar-refractivity contribution in [2.24, 2.45) is 5.92 Å². The first-order valence-electron chi connectivity index (χ1n) is 7.34. The molecule has 5 heteroatoms. The first kappa shape index (κ1) is 14.8. The van der Waals surface area contributed by atoms with Gasteiger partial charge in [-0.05, 0) is 50.7 Å². The number of nitrogens with zero attached hydrogens (tertiary/aromatic N) is 2. The third kappa shape index (κ3) is 3.93. The van der Waals surface area contributed by atoms with Crippen LogP contribution < -0.4 is 5.32 Å². The molecule has 2 rings (SSSR count). The molecule has 0 saturated heterocycles. The van der Waals surface area contributed by atoms with Crippen LogP contribution in [0.4, 0.5) is 0 Å². The van der Waals surface area contributed by atoms with Crippen LogP contribution in [0.15, 0.2) is 18.3 Å². The van der Waals surface area contributed by atoms with Crippen molar-refractivity contribution in [1.29, 1.82) is 0 Å². The van der Waals surface area contributed by atoms with Crippen molar-refractivity contribution >= 4 is 12.0 Å². The van der Waals surface area contributed by atoms with E-state index >= 15 is 0 Å². The highest BCUT2D eigenvalue weighted by Gasteiger charge is 2.21. The summed E-state index contributed by atoms with van der Waals surface area (Å²) in [4.78, 5) is 11.9. The predicted octanol–water partition coefficient (Wildman–Crippen LogP) is 1.58. The average molecular weight is 277 g/mol. The maximum absolute atomic E-state index is 11.9. The molecule has 1 amide bonds. The molecular weight excluding hydrogens is 254 g/mol. The highest BCUT2D eigenvalue weighted by atomic mass is 16.3. The standard InChI is InChI=1S/C15H23N3O2/c1-2-18-14(9-10-16-18)7-8-15(20)17-13-5-3-12(11-19)4-6-13/h7-10,12-13,19H,2-6,11H2,1H3,(H,17,20)/b8-7+. The molecule has 0 radical (unpaired) electrons. The van der Waals surface area contributed by atoms with Gasteiger partial charge in [-0.2, -0.15) is 5.10 Å². The van der Waals surface area contributed by atoms with Gasteiger partial charge in [0.1, 0.15) is 0 Å². The first-order chi connectivity index (χ1) is 9.72. The summed E-state index contributed by atoms with van der Waals surface area (Å²) in [7, 11) is 0. The van der Waals surface area contributed by atoms with Gasteiger partial charge in [0.25, 0.3) is 0 Å². The maximum Gasteiger partial charge on any atom is 0.244 e. The van der Waals surface area contributed by atoms with E-state index in [1.807, 2.05) is 17.7 Å². The van der Waals surface area contributed by atoms with E-state index in [1.165, 1.54) is 0 Å². The lowest BCUT2D eigenvalue weighted by Crippen LogP contribution is -2.37. The number of rotatable bonds is 5. The van der Waals surface area contributed by atoms with E-state index in [2.05, 4.69) is 10.4 Å². The molecule has 1 fully saturated rings. The molecule has 110 valence electrons. The first-order valence-corrected chi connectivity index (χ1v) is 7.34. The smallest absolute Gasteiger partial charge is 0.244 e. The minimum absolute atomic E-state index is 0.0544. The van der Waals surface area contributed by atoms with Crippen LogP contribution in [0.1, 0.15) is 38.3 Å². The number of carbonyl (C=O) groups excluding carboxylic acids is 1. The van der Waals surface area contributed by atoms with E-state index in [9.17, 15) is 4.79 Å². The van der Waals surface area contributed by atoms with Gasteiger partial charge in [0, 0.05) is 31.5 Å². The molecule has 0 bridgehead atoms. The average Bonchev–Trinajstić information content (AvgIpc) is 2.93. The van der Waals surface area contributed by atoms with Gasteiger partial charge >= 0.3 is 0 Å². The minimum Gasteiger partial charge on any atom is -0.396 e. The highest BCUT2D eigenvalue weighted by Crippen LogP contribution is 2.23. The van der Waals surface area contributed by atoms with Gasteiger partial charge in [-0.15, -0.1) is 0 Å². The van der Waals surface area contributed by atoms with Crippen LogP contribution in [-0.4, -0.2) is 33.4 Å². The van der Waals surface area contributed by atoms with E-state index in [0.717, 1.165) is 37.9 Å². The van der Waals surface area contributed by atoms with Crippen molar-refractivity contribution in [2.75, 3.05) is 6.61 Å². The third-order valence-corrected chi connectivity index (χ3v) is 3.91. The van der Waals surface area contributed by atoms with Gasteiger partial charge in [-0.25, -0.2) is 0 Å². The van der Waals surface area contributed by atoms with Gasteiger partial charge < -0.3 is 10.4 Å². The van der Waals surface area contributed by atoms with E-state index in [4.69, 9.17) is 5.11 Å². The van der Waals surface area contributed by atoms with Crippen molar-refractivity contribution < 1.29 is 9.90 Å². The highest BCUT2D eigenvalue weighted by molar-refractivity contribution is 5.91. The normalized spacial score (nSPS) is 23.1. The molecule has 2 N–H and O–H groups in total. The van der Waals surface area contributed by atoms with Crippen LogP contribution in [-0.2, 0) is 11.3 Å². The van der Waals surface area contributed by atoms with Gasteiger partial charge in [0.15, 0.2) is 0 Å². The van der Waals surface area contributed by atoms with E-state index < -0.39 is 0 Å². The zero-order valence-corrected chi connectivity index (χ0v) is 12.0. The Bertz CT molecular complexity index is 459. The fraction of sp³-hybridized carbons (Fsp3) is 0.600. The topological polar surface area (TPSA) is 67.2 Å². The molecule has 1 heterocycles. The molecule has 20 heavy (non-hydrogen) atoms. The number of hydrogen-bond acceptors (Lipinski definition) is 3. The van der Waals surface area contributed by atoms with Crippen LogP contribution in [0, 0.1) is 5.92 Å². The Hall–Kier alpha value is -1.62. The molecule has 0 spiro atoms. The van der Waals surface area contributed by atoms with E-state index in [1.54, 1.807) is 18.3 Å². The number of aromatic nitrogens is 2. The fourth-order valence-corrected chi connectivity index (χ4v) is 2.65. The van der Waals surface area contributed by atoms with Crippen LogP contribution in [0.2, 0.25) is 0 Å². The zero-order valence-electron chi connectivity index (χ0n) is 12.0. The zero-order chi connectivity index (χ0) is 14.4. The fourth-order valence-electron chi connectivity index (χ4n) is 2.65. The number of aryl methyl sites for hydroxylation is 1. The monoisotopic (exact) mass is 277 g/mol. The Balaban J connectivity index is 1.81. The number of nitrogens with one attached hydrogen (secondary N) is 1. The number of aliphatic hydroxyl groups is 1. The van der Waals surface area contributed by atoms with Gasteiger partial charge in [0.05, 0.1) is 5.69 Å². The minimum atomic E-state index is -0.0544. The maximum atomic E-state index is 11.9. The Morgan fingerprint density at radius 1 is 1.50 bits per heavy atom. The Labute approximate surface area is 119 Å². The van der Waals surface area contributed by atoms with Crippen molar-refractivity contribution in [2.45, 2.75) is 45.2 Å². The summed E-state index contributed by atoms with van der Waals surface area (Å²) >= 11 is 0. The van der Waals surface area contributed by atoms with Gasteiger partial charge in [0.2, 0.25) is 5.91 Å². The largest absolute Gasteiger partial charge is 0.396 e. The summed E-state index contributed by atoms with van der Waals surface area (Å²) < 4.78 is 1.84. The molecule has 0 atom stereocenters. The quantitative estimate of drug-likeness (QED) is 0.803. The number of carbonyl (C=O) groups is 1. The molecule has 1 aromatic heterocycles. The molecule has 1 aliphatic carbocycles. The molecule has 5 nitrogen and oxygen atoms in total. The molecule has 0 aliphatic heterocycles. The lowest BCUT2D eigenvalue weighted by atomic mass is 9.86. The summed E-state index contributed by atoms with van der Waals surface area (Å²) in [6, 6.07) is 2.13. The van der Waals surface area contributed by atoms with Crippen LogP contribution in [0.25, 0.3) is 6.08 Å². The van der Waals surface area contributed by atoms with Crippen molar-refractivity contribution in [3.05, 3.63) is 24.0 Å². The lowest BCUT2D eigenvalue weighted by molar-refractivity contribution is -0.117. The molecule has 0 aromatic carbocycles. The second kappa shape index (κ2) is 7.24. The van der Waals surface area contributed by atoms with Crippen LogP contribution in [0.5, 0.6) is 0 Å². The summed E-state index contributed by atoms with van der Waals surface area (Å²) in [5.41, 5.74) is 0.937. The van der Waals surface area contributed by atoms with Crippen LogP contribution >= 0.6 is 0 Å². The van der Waals surface area contributed by atoms with E-state index in [0.29, 0.717) is 5.92 Å². The van der Waals surface area contributed by atoms with Crippen molar-refractivity contribution in [3.8, 4) is 0 Å².